The Morgan fingerprint density at radius 2 is 2.03 bits per heavy atom. The van der Waals surface area contributed by atoms with Gasteiger partial charge in [-0.3, -0.25) is 4.79 Å². The summed E-state index contributed by atoms with van der Waals surface area (Å²) in [4.78, 5) is 19.0. The average molecular weight is 403 g/mol. The molecule has 1 aliphatic carbocycles. The van der Waals surface area contributed by atoms with Crippen LogP contribution in [0.1, 0.15) is 38.2 Å². The minimum absolute atomic E-state index is 0.306. The van der Waals surface area contributed by atoms with Gasteiger partial charge in [-0.1, -0.05) is 12.1 Å². The van der Waals surface area contributed by atoms with Crippen molar-refractivity contribution in [2.24, 2.45) is 10.9 Å². The molecule has 1 unspecified atom stereocenters. The number of amides is 1. The van der Waals surface area contributed by atoms with Crippen molar-refractivity contribution >= 4 is 11.9 Å². The summed E-state index contributed by atoms with van der Waals surface area (Å²) in [5.41, 5.74) is 1.12. The molecule has 0 spiro atoms. The zero-order valence-electron chi connectivity index (χ0n) is 17.7. The number of aliphatic imine (C=N–C) groups is 1. The number of methoxy groups -OCH3 is 1. The number of hydrogen-bond acceptors (Lipinski definition) is 4. The van der Waals surface area contributed by atoms with Crippen molar-refractivity contribution in [1.29, 1.82) is 0 Å². The van der Waals surface area contributed by atoms with Gasteiger partial charge in [-0.25, -0.2) is 4.99 Å². The Labute approximate surface area is 173 Å². The SMILES string of the molecule is CCOCCCNC(=NCc1ccc(OC)cc1)NCC1CC(=O)N(C2CC2)C1. The summed E-state index contributed by atoms with van der Waals surface area (Å²) < 4.78 is 10.6. The minimum Gasteiger partial charge on any atom is -0.497 e. The Hall–Kier alpha value is -2.28. The van der Waals surface area contributed by atoms with Crippen molar-refractivity contribution in [2.45, 2.75) is 45.2 Å². The van der Waals surface area contributed by atoms with Crippen molar-refractivity contribution in [3.63, 3.8) is 0 Å². The molecule has 160 valence electrons. The first-order valence-electron chi connectivity index (χ1n) is 10.7. The van der Waals surface area contributed by atoms with Gasteiger partial charge in [0, 0.05) is 51.2 Å². The lowest BCUT2D eigenvalue weighted by Gasteiger charge is -2.17. The number of carbonyl (C=O) groups is 1. The van der Waals surface area contributed by atoms with Crippen molar-refractivity contribution in [3.05, 3.63) is 29.8 Å². The zero-order chi connectivity index (χ0) is 20.5. The molecule has 2 aliphatic rings. The van der Waals surface area contributed by atoms with Crippen LogP contribution in [0.25, 0.3) is 0 Å². The molecule has 1 saturated heterocycles. The molecule has 1 aliphatic heterocycles. The summed E-state index contributed by atoms with van der Waals surface area (Å²) in [6.07, 6.45) is 3.90. The first kappa shape index (κ1) is 21.4. The largest absolute Gasteiger partial charge is 0.497 e. The second-order valence-corrected chi connectivity index (χ2v) is 7.72. The van der Waals surface area contributed by atoms with Gasteiger partial charge >= 0.3 is 0 Å². The van der Waals surface area contributed by atoms with Gasteiger partial charge in [-0.2, -0.15) is 0 Å². The van der Waals surface area contributed by atoms with Crippen LogP contribution in [0.5, 0.6) is 5.75 Å². The predicted octanol–water partition coefficient (Wildman–Crippen LogP) is 2.17. The number of nitrogens with one attached hydrogen (secondary N) is 2. The molecule has 2 N–H and O–H groups in total. The van der Waals surface area contributed by atoms with Crippen LogP contribution in [0.2, 0.25) is 0 Å². The highest BCUT2D eigenvalue weighted by atomic mass is 16.5. The predicted molar refractivity (Wildman–Crippen MR) is 114 cm³/mol. The first-order chi connectivity index (χ1) is 14.2. The molecule has 1 aromatic rings. The molecule has 1 heterocycles. The van der Waals surface area contributed by atoms with E-state index in [9.17, 15) is 4.79 Å². The highest BCUT2D eigenvalue weighted by Gasteiger charge is 2.39. The van der Waals surface area contributed by atoms with Gasteiger partial charge in [0.2, 0.25) is 5.91 Å². The number of benzene rings is 1. The van der Waals surface area contributed by atoms with E-state index in [-0.39, 0.29) is 0 Å². The molecule has 0 aromatic heterocycles. The number of nitrogens with zero attached hydrogens (tertiary/aromatic N) is 2. The van der Waals surface area contributed by atoms with Gasteiger partial charge < -0.3 is 25.0 Å². The summed E-state index contributed by atoms with van der Waals surface area (Å²) in [6, 6.07) is 8.46. The molecule has 1 saturated carbocycles. The van der Waals surface area contributed by atoms with E-state index in [1.54, 1.807) is 7.11 Å². The molecule has 2 fully saturated rings. The van der Waals surface area contributed by atoms with E-state index in [1.165, 1.54) is 12.8 Å². The summed E-state index contributed by atoms with van der Waals surface area (Å²) in [5.74, 6) is 2.28. The van der Waals surface area contributed by atoms with E-state index in [0.29, 0.717) is 30.8 Å². The summed E-state index contributed by atoms with van der Waals surface area (Å²) in [7, 11) is 1.67. The Balaban J connectivity index is 1.50. The molecular formula is C22H34N4O3. The monoisotopic (exact) mass is 402 g/mol. The maximum Gasteiger partial charge on any atom is 0.223 e. The molecule has 1 amide bonds. The van der Waals surface area contributed by atoms with Crippen LogP contribution < -0.4 is 15.4 Å². The highest BCUT2D eigenvalue weighted by molar-refractivity contribution is 5.81. The van der Waals surface area contributed by atoms with Gasteiger partial charge in [0.1, 0.15) is 5.75 Å². The quantitative estimate of drug-likeness (QED) is 0.337. The van der Waals surface area contributed by atoms with Crippen LogP contribution in [0.3, 0.4) is 0 Å². The van der Waals surface area contributed by atoms with Gasteiger partial charge in [-0.15, -0.1) is 0 Å². The number of rotatable bonds is 11. The van der Waals surface area contributed by atoms with E-state index in [0.717, 1.165) is 56.5 Å². The Kier molecular flexibility index (Phi) is 8.16. The summed E-state index contributed by atoms with van der Waals surface area (Å²) in [5, 5.41) is 6.83. The Bertz CT molecular complexity index is 673. The lowest BCUT2D eigenvalue weighted by Crippen LogP contribution is -2.41. The van der Waals surface area contributed by atoms with E-state index in [4.69, 9.17) is 14.5 Å². The van der Waals surface area contributed by atoms with Crippen LogP contribution in [0.4, 0.5) is 0 Å². The smallest absolute Gasteiger partial charge is 0.223 e. The fraction of sp³-hybridized carbons (Fsp3) is 0.636. The third-order valence-electron chi connectivity index (χ3n) is 5.33. The Morgan fingerprint density at radius 3 is 2.72 bits per heavy atom. The third-order valence-corrected chi connectivity index (χ3v) is 5.33. The van der Waals surface area contributed by atoms with Gasteiger partial charge in [0.15, 0.2) is 5.96 Å². The van der Waals surface area contributed by atoms with Crippen LogP contribution in [0.15, 0.2) is 29.3 Å². The molecule has 7 nitrogen and oxygen atoms in total. The van der Waals surface area contributed by atoms with Crippen molar-refractivity contribution in [3.8, 4) is 5.75 Å². The minimum atomic E-state index is 0.306. The average Bonchev–Trinajstić information content (AvgIpc) is 3.52. The van der Waals surface area contributed by atoms with Crippen LogP contribution >= 0.6 is 0 Å². The lowest BCUT2D eigenvalue weighted by atomic mass is 10.1. The number of carbonyl (C=O) groups excluding carboxylic acids is 1. The fourth-order valence-electron chi connectivity index (χ4n) is 3.53. The molecule has 3 rings (SSSR count). The number of hydrogen-bond donors (Lipinski definition) is 2. The normalized spacial score (nSPS) is 19.5. The maximum atomic E-state index is 12.2. The molecule has 29 heavy (non-hydrogen) atoms. The molecule has 0 radical (unpaired) electrons. The second-order valence-electron chi connectivity index (χ2n) is 7.72. The van der Waals surface area contributed by atoms with E-state index in [1.807, 2.05) is 31.2 Å². The van der Waals surface area contributed by atoms with Crippen molar-refractivity contribution in [1.82, 2.24) is 15.5 Å². The fourth-order valence-corrected chi connectivity index (χ4v) is 3.53. The summed E-state index contributed by atoms with van der Waals surface area (Å²) in [6.45, 7) is 6.49. The second kappa shape index (κ2) is 11.0. The van der Waals surface area contributed by atoms with Crippen LogP contribution in [0, 0.1) is 5.92 Å². The maximum absolute atomic E-state index is 12.2. The van der Waals surface area contributed by atoms with E-state index in [2.05, 4.69) is 15.5 Å². The van der Waals surface area contributed by atoms with Crippen LogP contribution in [-0.2, 0) is 16.1 Å². The van der Waals surface area contributed by atoms with Crippen LogP contribution in [-0.4, -0.2) is 62.8 Å². The standard InChI is InChI=1S/C22H34N4O3/c1-3-29-12-4-11-23-22(24-14-17-5-9-20(28-2)10-6-17)25-15-18-13-21(27)26(16-18)19-7-8-19/h5-6,9-10,18-19H,3-4,7-8,11-16H2,1-2H3,(H2,23,24,25). The van der Waals surface area contributed by atoms with Crippen molar-refractivity contribution < 1.29 is 14.3 Å². The molecule has 1 aromatic carbocycles. The zero-order valence-corrected chi connectivity index (χ0v) is 17.7. The number of guanidine groups is 1. The lowest BCUT2D eigenvalue weighted by molar-refractivity contribution is -0.128. The molecule has 1 atom stereocenters. The van der Waals surface area contributed by atoms with Gasteiger partial charge in [-0.05, 0) is 43.9 Å². The number of ether oxygens (including phenoxy) is 2. The van der Waals surface area contributed by atoms with Gasteiger partial charge in [0.25, 0.3) is 0 Å². The number of likely N-dealkylation sites (tertiary alicyclic amines) is 1. The molecule has 0 bridgehead atoms. The van der Waals surface area contributed by atoms with E-state index >= 15 is 0 Å². The highest BCUT2D eigenvalue weighted by Crippen LogP contribution is 2.32. The molecular weight excluding hydrogens is 368 g/mol. The topological polar surface area (TPSA) is 75.2 Å². The Morgan fingerprint density at radius 1 is 1.24 bits per heavy atom. The first-order valence-corrected chi connectivity index (χ1v) is 10.7. The molecule has 7 heteroatoms. The van der Waals surface area contributed by atoms with E-state index < -0.39 is 0 Å². The van der Waals surface area contributed by atoms with Crippen molar-refractivity contribution in [2.75, 3.05) is 40.0 Å². The third kappa shape index (κ3) is 6.92. The van der Waals surface area contributed by atoms with Gasteiger partial charge in [0.05, 0.1) is 13.7 Å². The summed E-state index contributed by atoms with van der Waals surface area (Å²) >= 11 is 0.